The number of anilines is 1. The summed E-state index contributed by atoms with van der Waals surface area (Å²) in [4.78, 5) is 0. The summed E-state index contributed by atoms with van der Waals surface area (Å²) in [5.74, 6) is 0. The van der Waals surface area contributed by atoms with E-state index in [9.17, 15) is 0 Å². The summed E-state index contributed by atoms with van der Waals surface area (Å²) in [5.41, 5.74) is 8.43. The van der Waals surface area contributed by atoms with Gasteiger partial charge in [-0.25, -0.2) is 0 Å². The molecule has 0 bridgehead atoms. The highest BCUT2D eigenvalue weighted by Gasteiger charge is 1.98. The van der Waals surface area contributed by atoms with Crippen molar-refractivity contribution in [3.05, 3.63) is 28.3 Å². The van der Waals surface area contributed by atoms with Crippen molar-refractivity contribution in [3.63, 3.8) is 0 Å². The Hall–Kier alpha value is -0.690. The minimum atomic E-state index is 0.777. The Morgan fingerprint density at radius 1 is 1.20 bits per heavy atom. The molecule has 2 heteroatoms. The molecule has 1 nitrogen and oxygen atoms in total. The van der Waals surface area contributed by atoms with Gasteiger partial charge in [0, 0.05) is 10.7 Å². The molecule has 0 aliphatic carbocycles. The van der Waals surface area contributed by atoms with Crippen LogP contribution in [-0.2, 0) is 0 Å². The molecule has 0 atom stereocenters. The third kappa shape index (κ3) is 1.24. The Kier molecular flexibility index (Phi) is 1.86. The summed E-state index contributed by atoms with van der Waals surface area (Å²) < 4.78 is 0. The van der Waals surface area contributed by atoms with Crippen LogP contribution in [0.2, 0.25) is 5.02 Å². The van der Waals surface area contributed by atoms with E-state index in [2.05, 4.69) is 0 Å². The molecule has 10 heavy (non-hydrogen) atoms. The number of hydrogen-bond acceptors (Lipinski definition) is 1. The molecule has 1 aromatic carbocycles. The third-order valence-electron chi connectivity index (χ3n) is 1.46. The minimum absolute atomic E-state index is 0.777. The summed E-state index contributed by atoms with van der Waals surface area (Å²) in [5, 5.41) is 0.814. The fourth-order valence-electron chi connectivity index (χ4n) is 0.979. The lowest BCUT2D eigenvalue weighted by atomic mass is 10.1. The molecule has 0 heterocycles. The van der Waals surface area contributed by atoms with Gasteiger partial charge in [0.1, 0.15) is 0 Å². The zero-order chi connectivity index (χ0) is 7.72. The number of nitrogen functional groups attached to an aromatic ring is 1. The summed E-state index contributed by atoms with van der Waals surface area (Å²) in [6, 6.07) is 3.74. The van der Waals surface area contributed by atoms with Crippen LogP contribution in [0.3, 0.4) is 0 Å². The van der Waals surface area contributed by atoms with E-state index in [1.807, 2.05) is 26.0 Å². The van der Waals surface area contributed by atoms with E-state index >= 15 is 0 Å². The Bertz CT molecular complexity index is 232. The maximum Gasteiger partial charge on any atom is 0.0465 e. The lowest BCUT2D eigenvalue weighted by Crippen LogP contribution is -1.88. The van der Waals surface area contributed by atoms with Crippen LogP contribution < -0.4 is 5.73 Å². The Balaban J connectivity index is 3.31. The maximum absolute atomic E-state index is 5.89. The highest BCUT2D eigenvalue weighted by molar-refractivity contribution is 6.32. The first kappa shape index (κ1) is 7.42. The normalized spacial score (nSPS) is 9.90. The number of rotatable bonds is 0. The molecule has 0 aliphatic heterocycles. The summed E-state index contributed by atoms with van der Waals surface area (Å²) >= 11 is 5.89. The Morgan fingerprint density at radius 3 is 2.00 bits per heavy atom. The SMILES string of the molecule is Cc1cc(N)cc(C)c1Cl. The van der Waals surface area contributed by atoms with Gasteiger partial charge in [-0.2, -0.15) is 0 Å². The van der Waals surface area contributed by atoms with Crippen LogP contribution in [0.25, 0.3) is 0 Å². The van der Waals surface area contributed by atoms with E-state index in [0.29, 0.717) is 0 Å². The van der Waals surface area contributed by atoms with E-state index in [4.69, 9.17) is 17.3 Å². The molecule has 0 aromatic heterocycles. The number of halogens is 1. The van der Waals surface area contributed by atoms with E-state index in [-0.39, 0.29) is 0 Å². The van der Waals surface area contributed by atoms with Crippen LogP contribution in [-0.4, -0.2) is 0 Å². The van der Waals surface area contributed by atoms with Crippen LogP contribution in [0.5, 0.6) is 0 Å². The first-order valence-electron chi connectivity index (χ1n) is 3.13. The predicted molar refractivity (Wildman–Crippen MR) is 45.3 cm³/mol. The molecule has 1 aromatic rings. The van der Waals surface area contributed by atoms with Crippen molar-refractivity contribution in [2.75, 3.05) is 5.73 Å². The van der Waals surface area contributed by atoms with Gasteiger partial charge in [-0.05, 0) is 37.1 Å². The average molecular weight is 156 g/mol. The van der Waals surface area contributed by atoms with Gasteiger partial charge < -0.3 is 5.73 Å². The lowest BCUT2D eigenvalue weighted by Gasteiger charge is -2.02. The van der Waals surface area contributed by atoms with Crippen LogP contribution in [0.15, 0.2) is 12.1 Å². The fraction of sp³-hybridized carbons (Fsp3) is 0.250. The second-order valence-corrected chi connectivity index (χ2v) is 2.85. The molecule has 0 saturated carbocycles. The van der Waals surface area contributed by atoms with Gasteiger partial charge in [-0.15, -0.1) is 0 Å². The molecule has 54 valence electrons. The summed E-state index contributed by atoms with van der Waals surface area (Å²) in [6.45, 7) is 3.90. The third-order valence-corrected chi connectivity index (χ3v) is 2.05. The molecule has 0 saturated heterocycles. The molecule has 0 amide bonds. The quantitative estimate of drug-likeness (QED) is 0.573. The van der Waals surface area contributed by atoms with Crippen molar-refractivity contribution in [3.8, 4) is 0 Å². The maximum atomic E-state index is 5.89. The van der Waals surface area contributed by atoms with Gasteiger partial charge in [0.15, 0.2) is 0 Å². The highest BCUT2D eigenvalue weighted by Crippen LogP contribution is 2.22. The number of hydrogen-bond donors (Lipinski definition) is 1. The first-order valence-corrected chi connectivity index (χ1v) is 3.51. The van der Waals surface area contributed by atoms with Crippen molar-refractivity contribution < 1.29 is 0 Å². The summed E-state index contributed by atoms with van der Waals surface area (Å²) in [6.07, 6.45) is 0. The van der Waals surface area contributed by atoms with Crippen LogP contribution >= 0.6 is 11.6 Å². The molecule has 0 spiro atoms. The Labute approximate surface area is 65.8 Å². The van der Waals surface area contributed by atoms with Gasteiger partial charge in [0.2, 0.25) is 0 Å². The topological polar surface area (TPSA) is 26.0 Å². The van der Waals surface area contributed by atoms with Gasteiger partial charge in [-0.3, -0.25) is 0 Å². The first-order chi connectivity index (χ1) is 4.61. The van der Waals surface area contributed by atoms with Crippen LogP contribution in [0.1, 0.15) is 11.1 Å². The smallest absolute Gasteiger partial charge is 0.0465 e. The molecule has 0 radical (unpaired) electrons. The van der Waals surface area contributed by atoms with Gasteiger partial charge in [0.25, 0.3) is 0 Å². The van der Waals surface area contributed by atoms with Crippen molar-refractivity contribution in [1.82, 2.24) is 0 Å². The number of benzene rings is 1. The standard InChI is InChI=1S/C8H10ClN/c1-5-3-7(10)4-6(2)8(5)9/h3-4H,10H2,1-2H3. The minimum Gasteiger partial charge on any atom is -0.399 e. The Morgan fingerprint density at radius 2 is 1.60 bits per heavy atom. The van der Waals surface area contributed by atoms with Crippen molar-refractivity contribution >= 4 is 17.3 Å². The second kappa shape index (κ2) is 2.51. The van der Waals surface area contributed by atoms with Gasteiger partial charge in [-0.1, -0.05) is 11.6 Å². The largest absolute Gasteiger partial charge is 0.399 e. The van der Waals surface area contributed by atoms with E-state index in [1.165, 1.54) is 0 Å². The van der Waals surface area contributed by atoms with Crippen LogP contribution in [0.4, 0.5) is 5.69 Å². The zero-order valence-corrected chi connectivity index (χ0v) is 6.87. The fourth-order valence-corrected chi connectivity index (χ4v) is 1.09. The second-order valence-electron chi connectivity index (χ2n) is 2.47. The zero-order valence-electron chi connectivity index (χ0n) is 6.11. The molecule has 0 aliphatic rings. The van der Waals surface area contributed by atoms with Crippen molar-refractivity contribution in [2.24, 2.45) is 0 Å². The van der Waals surface area contributed by atoms with Gasteiger partial charge >= 0.3 is 0 Å². The number of aryl methyl sites for hydroxylation is 2. The van der Waals surface area contributed by atoms with Gasteiger partial charge in [0.05, 0.1) is 0 Å². The van der Waals surface area contributed by atoms with E-state index < -0.39 is 0 Å². The average Bonchev–Trinajstić information content (AvgIpc) is 1.82. The van der Waals surface area contributed by atoms with Crippen LogP contribution in [0, 0.1) is 13.8 Å². The van der Waals surface area contributed by atoms with Crippen molar-refractivity contribution in [1.29, 1.82) is 0 Å². The van der Waals surface area contributed by atoms with E-state index in [0.717, 1.165) is 21.8 Å². The van der Waals surface area contributed by atoms with Crippen molar-refractivity contribution in [2.45, 2.75) is 13.8 Å². The number of nitrogens with two attached hydrogens (primary N) is 1. The highest BCUT2D eigenvalue weighted by atomic mass is 35.5. The molecule has 0 unspecified atom stereocenters. The molecular weight excluding hydrogens is 146 g/mol. The molecule has 2 N–H and O–H groups in total. The molecular formula is C8H10ClN. The summed E-state index contributed by atoms with van der Waals surface area (Å²) in [7, 11) is 0. The monoisotopic (exact) mass is 155 g/mol. The molecule has 1 rings (SSSR count). The molecule has 0 fully saturated rings. The lowest BCUT2D eigenvalue weighted by molar-refractivity contribution is 1.39. The predicted octanol–water partition coefficient (Wildman–Crippen LogP) is 2.54. The van der Waals surface area contributed by atoms with E-state index in [1.54, 1.807) is 0 Å².